The molecule has 0 atom stereocenters. The van der Waals surface area contributed by atoms with Crippen LogP contribution in [0, 0.1) is 5.41 Å². The number of piperidine rings is 1. The molecule has 24 heavy (non-hydrogen) atoms. The largest absolute Gasteiger partial charge is 0.384 e. The highest BCUT2D eigenvalue weighted by molar-refractivity contribution is 5.88. The zero-order chi connectivity index (χ0) is 17.3. The van der Waals surface area contributed by atoms with E-state index in [-0.39, 0.29) is 18.4 Å². The quantitative estimate of drug-likeness (QED) is 0.646. The number of amides is 2. The van der Waals surface area contributed by atoms with Gasteiger partial charge < -0.3 is 20.7 Å². The Morgan fingerprint density at radius 2 is 1.88 bits per heavy atom. The van der Waals surface area contributed by atoms with Gasteiger partial charge in [0, 0.05) is 13.7 Å². The van der Waals surface area contributed by atoms with Crippen LogP contribution in [0.2, 0.25) is 0 Å². The van der Waals surface area contributed by atoms with Gasteiger partial charge in [-0.25, -0.2) is 0 Å². The lowest BCUT2D eigenvalue weighted by molar-refractivity contribution is -0.137. The molecule has 6 heteroatoms. The molecule has 0 bridgehead atoms. The van der Waals surface area contributed by atoms with Gasteiger partial charge in [0.25, 0.3) is 0 Å². The molecule has 6 nitrogen and oxygen atoms in total. The molecule has 0 unspecified atom stereocenters. The summed E-state index contributed by atoms with van der Waals surface area (Å²) in [5.41, 5.74) is 0.653. The van der Waals surface area contributed by atoms with Crippen LogP contribution in [0.25, 0.3) is 0 Å². The van der Waals surface area contributed by atoms with Gasteiger partial charge in [-0.3, -0.25) is 9.59 Å². The fourth-order valence-corrected chi connectivity index (χ4v) is 3.02. The second-order valence-corrected chi connectivity index (χ2v) is 6.23. The van der Waals surface area contributed by atoms with Crippen molar-refractivity contribution in [1.82, 2.24) is 16.0 Å². The second kappa shape index (κ2) is 9.39. The van der Waals surface area contributed by atoms with E-state index >= 15 is 0 Å². The summed E-state index contributed by atoms with van der Waals surface area (Å²) >= 11 is 0. The van der Waals surface area contributed by atoms with E-state index in [1.54, 1.807) is 7.11 Å². The molecule has 3 N–H and O–H groups in total. The molecule has 1 fully saturated rings. The van der Waals surface area contributed by atoms with Crippen molar-refractivity contribution in [2.75, 3.05) is 39.9 Å². The SMILES string of the molecule is COCC1(C(=O)NCC(=O)NCCc2ccccc2)CCNCC1. The summed E-state index contributed by atoms with van der Waals surface area (Å²) in [6.07, 6.45) is 2.23. The Labute approximate surface area is 143 Å². The Balaban J connectivity index is 1.72. The molecule has 0 aliphatic carbocycles. The fourth-order valence-electron chi connectivity index (χ4n) is 3.02. The smallest absolute Gasteiger partial charge is 0.239 e. The lowest BCUT2D eigenvalue weighted by Crippen LogP contribution is -2.51. The molecule has 1 aliphatic rings. The molecule has 1 aromatic rings. The predicted octanol–water partition coefficient (Wildman–Crippen LogP) is 0.478. The molecule has 1 saturated heterocycles. The Kier molecular flexibility index (Phi) is 7.21. The van der Waals surface area contributed by atoms with Crippen molar-refractivity contribution in [1.29, 1.82) is 0 Å². The first-order chi connectivity index (χ1) is 11.7. The molecular weight excluding hydrogens is 306 g/mol. The van der Waals surface area contributed by atoms with Gasteiger partial charge >= 0.3 is 0 Å². The van der Waals surface area contributed by atoms with Crippen LogP contribution in [0.5, 0.6) is 0 Å². The summed E-state index contributed by atoms with van der Waals surface area (Å²) in [6.45, 7) is 2.54. The van der Waals surface area contributed by atoms with Gasteiger partial charge in [-0.15, -0.1) is 0 Å². The zero-order valence-electron chi connectivity index (χ0n) is 14.3. The number of carbonyl (C=O) groups excluding carboxylic acids is 2. The van der Waals surface area contributed by atoms with E-state index < -0.39 is 5.41 Å². The summed E-state index contributed by atoms with van der Waals surface area (Å²) in [6, 6.07) is 9.98. The summed E-state index contributed by atoms with van der Waals surface area (Å²) < 4.78 is 5.24. The first kappa shape index (κ1) is 18.4. The number of nitrogens with one attached hydrogen (secondary N) is 3. The van der Waals surface area contributed by atoms with Gasteiger partial charge in [-0.05, 0) is 37.9 Å². The van der Waals surface area contributed by atoms with Crippen molar-refractivity contribution in [3.8, 4) is 0 Å². The topological polar surface area (TPSA) is 79.5 Å². The first-order valence-corrected chi connectivity index (χ1v) is 8.45. The van der Waals surface area contributed by atoms with Crippen LogP contribution in [0.1, 0.15) is 18.4 Å². The first-order valence-electron chi connectivity index (χ1n) is 8.45. The molecule has 0 spiro atoms. The van der Waals surface area contributed by atoms with E-state index in [0.717, 1.165) is 32.4 Å². The summed E-state index contributed by atoms with van der Waals surface area (Å²) in [5.74, 6) is -0.259. The molecule has 0 aromatic heterocycles. The van der Waals surface area contributed by atoms with Crippen LogP contribution in [0.3, 0.4) is 0 Å². The molecule has 0 saturated carbocycles. The third-order valence-electron chi connectivity index (χ3n) is 4.45. The Morgan fingerprint density at radius 3 is 2.54 bits per heavy atom. The van der Waals surface area contributed by atoms with E-state index in [4.69, 9.17) is 4.74 Å². The Morgan fingerprint density at radius 1 is 1.17 bits per heavy atom. The van der Waals surface area contributed by atoms with Crippen LogP contribution < -0.4 is 16.0 Å². The van der Waals surface area contributed by atoms with Gasteiger partial charge in [-0.1, -0.05) is 30.3 Å². The van der Waals surface area contributed by atoms with E-state index in [9.17, 15) is 9.59 Å². The van der Waals surface area contributed by atoms with Crippen molar-refractivity contribution >= 4 is 11.8 Å². The highest BCUT2D eigenvalue weighted by Crippen LogP contribution is 2.29. The monoisotopic (exact) mass is 333 g/mol. The third-order valence-corrected chi connectivity index (χ3v) is 4.45. The summed E-state index contributed by atoms with van der Waals surface area (Å²) in [7, 11) is 1.60. The van der Waals surface area contributed by atoms with Crippen LogP contribution >= 0.6 is 0 Å². The minimum Gasteiger partial charge on any atom is -0.384 e. The minimum atomic E-state index is -0.523. The van der Waals surface area contributed by atoms with Crippen molar-refractivity contribution in [3.05, 3.63) is 35.9 Å². The molecule has 1 aromatic carbocycles. The van der Waals surface area contributed by atoms with Gasteiger partial charge in [0.15, 0.2) is 0 Å². The minimum absolute atomic E-state index is 0.00646. The van der Waals surface area contributed by atoms with Crippen LogP contribution in [-0.4, -0.2) is 51.7 Å². The molecule has 2 amide bonds. The number of carbonyl (C=O) groups is 2. The number of rotatable bonds is 8. The van der Waals surface area contributed by atoms with E-state index in [0.29, 0.717) is 13.2 Å². The van der Waals surface area contributed by atoms with Gasteiger partial charge in [-0.2, -0.15) is 0 Å². The van der Waals surface area contributed by atoms with Crippen molar-refractivity contribution in [2.24, 2.45) is 5.41 Å². The normalized spacial score (nSPS) is 16.4. The predicted molar refractivity (Wildman–Crippen MR) is 92.6 cm³/mol. The van der Waals surface area contributed by atoms with E-state index in [1.165, 1.54) is 5.56 Å². The fraction of sp³-hybridized carbons (Fsp3) is 0.556. The Hall–Kier alpha value is -1.92. The van der Waals surface area contributed by atoms with Crippen LogP contribution in [0.4, 0.5) is 0 Å². The average Bonchev–Trinajstić information content (AvgIpc) is 2.61. The summed E-state index contributed by atoms with van der Waals surface area (Å²) in [4.78, 5) is 24.4. The summed E-state index contributed by atoms with van der Waals surface area (Å²) in [5, 5.41) is 8.85. The van der Waals surface area contributed by atoms with Crippen molar-refractivity contribution in [3.63, 3.8) is 0 Å². The van der Waals surface area contributed by atoms with Crippen molar-refractivity contribution in [2.45, 2.75) is 19.3 Å². The van der Waals surface area contributed by atoms with E-state index in [1.807, 2.05) is 30.3 Å². The molecule has 2 rings (SSSR count). The van der Waals surface area contributed by atoms with Gasteiger partial charge in [0.2, 0.25) is 11.8 Å². The maximum Gasteiger partial charge on any atom is 0.239 e. The van der Waals surface area contributed by atoms with Crippen molar-refractivity contribution < 1.29 is 14.3 Å². The molecular formula is C18H27N3O3. The third kappa shape index (κ3) is 5.32. The standard InChI is InChI=1S/C18H27N3O3/c1-24-14-18(8-11-19-12-9-18)17(23)21-13-16(22)20-10-7-15-5-3-2-4-6-15/h2-6,19H,7-14H2,1H3,(H,20,22)(H,21,23). The molecule has 0 radical (unpaired) electrons. The molecule has 1 heterocycles. The number of methoxy groups -OCH3 is 1. The lowest BCUT2D eigenvalue weighted by atomic mass is 9.78. The maximum atomic E-state index is 12.5. The number of hydrogen-bond donors (Lipinski definition) is 3. The van der Waals surface area contributed by atoms with Crippen LogP contribution in [-0.2, 0) is 20.7 Å². The number of benzene rings is 1. The maximum absolute atomic E-state index is 12.5. The molecule has 1 aliphatic heterocycles. The second-order valence-electron chi connectivity index (χ2n) is 6.23. The van der Waals surface area contributed by atoms with E-state index in [2.05, 4.69) is 16.0 Å². The van der Waals surface area contributed by atoms with Gasteiger partial charge in [0.05, 0.1) is 18.6 Å². The average molecular weight is 333 g/mol. The highest BCUT2D eigenvalue weighted by Gasteiger charge is 2.39. The number of hydrogen-bond acceptors (Lipinski definition) is 4. The number of ether oxygens (including phenoxy) is 1. The molecule has 132 valence electrons. The van der Waals surface area contributed by atoms with Gasteiger partial charge in [0.1, 0.15) is 0 Å². The highest BCUT2D eigenvalue weighted by atomic mass is 16.5. The zero-order valence-corrected chi connectivity index (χ0v) is 14.3. The lowest BCUT2D eigenvalue weighted by Gasteiger charge is -2.35. The van der Waals surface area contributed by atoms with Crippen LogP contribution in [0.15, 0.2) is 30.3 Å². The Bertz CT molecular complexity index is 522.